The van der Waals surface area contributed by atoms with Crippen LogP contribution in [-0.2, 0) is 17.8 Å². The number of carbonyl (C=O) groups excluding carboxylic acids is 1. The molecule has 0 saturated carbocycles. The van der Waals surface area contributed by atoms with Crippen molar-refractivity contribution in [1.82, 2.24) is 5.32 Å². The molecule has 1 N–H and O–H groups in total. The van der Waals surface area contributed by atoms with E-state index in [-0.39, 0.29) is 24.7 Å². The van der Waals surface area contributed by atoms with Crippen LogP contribution in [0, 0.1) is 0 Å². The summed E-state index contributed by atoms with van der Waals surface area (Å²) in [5, 5.41) is 3.91. The van der Waals surface area contributed by atoms with Crippen molar-refractivity contribution < 1.29 is 9.53 Å². The predicted octanol–water partition coefficient (Wildman–Crippen LogP) is 7.95. The van der Waals surface area contributed by atoms with Crippen molar-refractivity contribution in [3.8, 4) is 0 Å². The quantitative estimate of drug-likeness (QED) is 0.297. The standard InChI is InChI=1S/C32H29ClN2O2/c33-26-15-7-14-25(19-26)30-20-28(34-32(36)37-21-22-9-3-1-4-10-22)27-16-8-13-24-17-18-29(35(30)31(24)27)23-11-5-2-6-12-23/h1-16,19,28-30H,17-18,20-21H2,(H,34,36)/t28-,29+,30-/m0/s1. The van der Waals surface area contributed by atoms with Gasteiger partial charge in [-0.05, 0) is 59.2 Å². The molecule has 6 rings (SSSR count). The summed E-state index contributed by atoms with van der Waals surface area (Å²) in [5.41, 5.74) is 7.12. The molecule has 0 radical (unpaired) electrons. The maximum atomic E-state index is 13.0. The Morgan fingerprint density at radius 3 is 2.38 bits per heavy atom. The number of aryl methyl sites for hydroxylation is 1. The SMILES string of the molecule is O=C(N[C@H]1C[C@@H](c2cccc(Cl)c2)N2c3c(cccc31)CC[C@@H]2c1ccccc1)OCc1ccccc1. The molecular formula is C32H29ClN2O2. The highest BCUT2D eigenvalue weighted by Crippen LogP contribution is 2.53. The Kier molecular flexibility index (Phi) is 6.58. The summed E-state index contributed by atoms with van der Waals surface area (Å²) in [6.45, 7) is 0.242. The van der Waals surface area contributed by atoms with E-state index >= 15 is 0 Å². The van der Waals surface area contributed by atoms with E-state index in [1.165, 1.54) is 16.8 Å². The molecule has 1 amide bonds. The van der Waals surface area contributed by atoms with Crippen LogP contribution in [0.2, 0.25) is 5.02 Å². The third-order valence-electron chi connectivity index (χ3n) is 7.52. The fourth-order valence-corrected chi connectivity index (χ4v) is 6.09. The Balaban J connectivity index is 1.37. The summed E-state index contributed by atoms with van der Waals surface area (Å²) >= 11 is 6.47. The van der Waals surface area contributed by atoms with Gasteiger partial charge in [-0.3, -0.25) is 0 Å². The molecular weight excluding hydrogens is 480 g/mol. The highest BCUT2D eigenvalue weighted by atomic mass is 35.5. The van der Waals surface area contributed by atoms with Gasteiger partial charge in [-0.2, -0.15) is 0 Å². The fraction of sp³-hybridized carbons (Fsp3) is 0.219. The topological polar surface area (TPSA) is 41.6 Å². The number of alkyl carbamates (subject to hydrolysis) is 1. The molecule has 2 heterocycles. The Morgan fingerprint density at radius 1 is 0.865 bits per heavy atom. The minimum Gasteiger partial charge on any atom is -0.445 e. The molecule has 5 heteroatoms. The monoisotopic (exact) mass is 508 g/mol. The molecule has 0 bridgehead atoms. The predicted molar refractivity (Wildman–Crippen MR) is 148 cm³/mol. The third kappa shape index (κ3) is 4.82. The van der Waals surface area contributed by atoms with E-state index in [4.69, 9.17) is 16.3 Å². The van der Waals surface area contributed by atoms with Crippen LogP contribution in [0.25, 0.3) is 0 Å². The Hall–Kier alpha value is -3.76. The molecule has 4 nitrogen and oxygen atoms in total. The first-order valence-electron chi connectivity index (χ1n) is 12.8. The molecule has 37 heavy (non-hydrogen) atoms. The minimum atomic E-state index is -0.403. The lowest BCUT2D eigenvalue weighted by atomic mass is 9.79. The zero-order valence-corrected chi connectivity index (χ0v) is 21.3. The molecule has 3 atom stereocenters. The van der Waals surface area contributed by atoms with E-state index in [1.54, 1.807) is 0 Å². The van der Waals surface area contributed by atoms with E-state index in [9.17, 15) is 4.79 Å². The molecule has 0 aliphatic carbocycles. The van der Waals surface area contributed by atoms with Gasteiger partial charge in [0.05, 0.1) is 18.1 Å². The smallest absolute Gasteiger partial charge is 0.407 e. The van der Waals surface area contributed by atoms with Crippen LogP contribution in [0.15, 0.2) is 103 Å². The number of anilines is 1. The first-order chi connectivity index (χ1) is 18.2. The number of nitrogens with zero attached hydrogens (tertiary/aromatic N) is 1. The van der Waals surface area contributed by atoms with Crippen LogP contribution < -0.4 is 10.2 Å². The first kappa shape index (κ1) is 23.6. The van der Waals surface area contributed by atoms with Gasteiger partial charge in [0.2, 0.25) is 0 Å². The largest absolute Gasteiger partial charge is 0.445 e. The molecule has 0 aromatic heterocycles. The molecule has 0 spiro atoms. The van der Waals surface area contributed by atoms with Crippen LogP contribution in [0.3, 0.4) is 0 Å². The van der Waals surface area contributed by atoms with Gasteiger partial charge in [0.25, 0.3) is 0 Å². The molecule has 0 saturated heterocycles. The molecule has 2 aliphatic heterocycles. The van der Waals surface area contributed by atoms with Crippen LogP contribution in [-0.4, -0.2) is 6.09 Å². The van der Waals surface area contributed by atoms with Crippen molar-refractivity contribution >= 4 is 23.4 Å². The normalized spacial score (nSPS) is 20.1. The highest BCUT2D eigenvalue weighted by molar-refractivity contribution is 6.30. The number of nitrogens with one attached hydrogen (secondary N) is 1. The van der Waals surface area contributed by atoms with Gasteiger partial charge in [0.1, 0.15) is 6.61 Å². The lowest BCUT2D eigenvalue weighted by Crippen LogP contribution is -2.44. The average molecular weight is 509 g/mol. The lowest BCUT2D eigenvalue weighted by molar-refractivity contribution is 0.134. The van der Waals surface area contributed by atoms with Gasteiger partial charge in [-0.25, -0.2) is 4.79 Å². The summed E-state index contributed by atoms with van der Waals surface area (Å²) in [5.74, 6) is 0. The molecule has 0 unspecified atom stereocenters. The molecule has 0 fully saturated rings. The van der Waals surface area contributed by atoms with Crippen LogP contribution in [0.5, 0.6) is 0 Å². The van der Waals surface area contributed by atoms with Crippen molar-refractivity contribution in [2.24, 2.45) is 0 Å². The molecule has 2 aliphatic rings. The number of halogens is 1. The fourth-order valence-electron chi connectivity index (χ4n) is 5.89. The van der Waals surface area contributed by atoms with Gasteiger partial charge in [-0.1, -0.05) is 103 Å². The summed E-state index contributed by atoms with van der Waals surface area (Å²) in [7, 11) is 0. The number of amides is 1. The van der Waals surface area contributed by atoms with Crippen molar-refractivity contribution in [3.63, 3.8) is 0 Å². The summed E-state index contributed by atoms with van der Waals surface area (Å²) < 4.78 is 5.61. The minimum absolute atomic E-state index is 0.0530. The third-order valence-corrected chi connectivity index (χ3v) is 7.76. The van der Waals surface area contributed by atoms with Crippen LogP contribution >= 0.6 is 11.6 Å². The molecule has 4 aromatic carbocycles. The van der Waals surface area contributed by atoms with Crippen molar-refractivity contribution in [3.05, 3.63) is 136 Å². The first-order valence-corrected chi connectivity index (χ1v) is 13.2. The van der Waals surface area contributed by atoms with Gasteiger partial charge in [-0.15, -0.1) is 0 Å². The maximum absolute atomic E-state index is 13.0. The number of benzene rings is 4. The number of hydrogen-bond acceptors (Lipinski definition) is 3. The summed E-state index contributed by atoms with van der Waals surface area (Å²) in [4.78, 5) is 15.5. The number of rotatable bonds is 5. The van der Waals surface area contributed by atoms with E-state index in [0.717, 1.165) is 41.0 Å². The number of para-hydroxylation sites is 1. The van der Waals surface area contributed by atoms with Crippen molar-refractivity contribution in [2.75, 3.05) is 4.90 Å². The van der Waals surface area contributed by atoms with E-state index in [1.807, 2.05) is 42.5 Å². The number of hydrogen-bond donors (Lipinski definition) is 1. The maximum Gasteiger partial charge on any atom is 0.407 e. The summed E-state index contributed by atoms with van der Waals surface area (Å²) in [6, 6.07) is 35.2. The van der Waals surface area contributed by atoms with Gasteiger partial charge < -0.3 is 15.0 Å². The Labute approximate surface area is 222 Å². The van der Waals surface area contributed by atoms with Gasteiger partial charge in [0.15, 0.2) is 0 Å². The Bertz CT molecular complexity index is 1390. The van der Waals surface area contributed by atoms with Gasteiger partial charge >= 0.3 is 6.09 Å². The zero-order valence-electron chi connectivity index (χ0n) is 20.5. The highest BCUT2D eigenvalue weighted by Gasteiger charge is 2.41. The van der Waals surface area contributed by atoms with E-state index < -0.39 is 6.09 Å². The second-order valence-electron chi connectivity index (χ2n) is 9.79. The zero-order chi connectivity index (χ0) is 25.2. The van der Waals surface area contributed by atoms with Crippen LogP contribution in [0.4, 0.5) is 10.5 Å². The second kappa shape index (κ2) is 10.3. The average Bonchev–Trinajstić information content (AvgIpc) is 2.94. The molecule has 4 aromatic rings. The van der Waals surface area contributed by atoms with Gasteiger partial charge in [0, 0.05) is 10.7 Å². The Morgan fingerprint density at radius 2 is 1.59 bits per heavy atom. The number of ether oxygens (including phenoxy) is 1. The number of carbonyl (C=O) groups is 1. The van der Waals surface area contributed by atoms with Crippen molar-refractivity contribution in [2.45, 2.75) is 44.0 Å². The van der Waals surface area contributed by atoms with E-state index in [2.05, 4.69) is 70.9 Å². The summed E-state index contributed by atoms with van der Waals surface area (Å²) in [6.07, 6.45) is 2.35. The van der Waals surface area contributed by atoms with E-state index in [0.29, 0.717) is 0 Å². The van der Waals surface area contributed by atoms with Crippen molar-refractivity contribution in [1.29, 1.82) is 0 Å². The van der Waals surface area contributed by atoms with Crippen LogP contribution in [0.1, 0.15) is 58.8 Å². The molecule has 186 valence electrons. The lowest BCUT2D eigenvalue weighted by Gasteiger charge is -2.50. The second-order valence-corrected chi connectivity index (χ2v) is 10.2.